The number of nitrogens with two attached hydrogens (primary N) is 1. The molecule has 0 bridgehead atoms. The highest BCUT2D eigenvalue weighted by atomic mass is 35.5. The molecule has 3 aromatic rings. The van der Waals surface area contributed by atoms with Gasteiger partial charge >= 0.3 is 0 Å². The van der Waals surface area contributed by atoms with E-state index in [0.717, 1.165) is 22.6 Å². The largest absolute Gasteiger partial charge is 0.399 e. The summed E-state index contributed by atoms with van der Waals surface area (Å²) in [7, 11) is 0. The summed E-state index contributed by atoms with van der Waals surface area (Å²) in [5, 5.41) is 4.73. The quantitative estimate of drug-likeness (QED) is 0.694. The summed E-state index contributed by atoms with van der Waals surface area (Å²) >= 11 is 7.80. The van der Waals surface area contributed by atoms with Crippen LogP contribution in [0.25, 0.3) is 22.6 Å². The van der Waals surface area contributed by atoms with Gasteiger partial charge in [-0.1, -0.05) is 11.6 Å². The molecule has 0 aliphatic carbocycles. The van der Waals surface area contributed by atoms with E-state index in [2.05, 4.69) is 15.3 Å². The van der Waals surface area contributed by atoms with Crippen molar-refractivity contribution in [3.8, 4) is 22.6 Å². The molecule has 90 valence electrons. The van der Waals surface area contributed by atoms with E-state index in [1.807, 2.05) is 17.5 Å². The fourth-order valence-corrected chi connectivity index (χ4v) is 2.61. The topological polar surface area (TPSA) is 54.7 Å². The first-order valence-electron chi connectivity index (χ1n) is 5.37. The van der Waals surface area contributed by atoms with Crippen molar-refractivity contribution in [2.75, 3.05) is 5.73 Å². The number of aromatic nitrogens is 2. The Balaban J connectivity index is 2.05. The first-order valence-corrected chi connectivity index (χ1v) is 6.69. The molecule has 3 N–H and O–H groups in total. The lowest BCUT2D eigenvalue weighted by atomic mass is 10.2. The number of rotatable bonds is 2. The predicted octanol–water partition coefficient (Wildman–Crippen LogP) is 4.04. The van der Waals surface area contributed by atoms with Crippen molar-refractivity contribution in [2.24, 2.45) is 0 Å². The van der Waals surface area contributed by atoms with Crippen molar-refractivity contribution in [2.45, 2.75) is 0 Å². The normalized spacial score (nSPS) is 10.7. The van der Waals surface area contributed by atoms with Crippen LogP contribution in [0.15, 0.2) is 41.2 Å². The van der Waals surface area contributed by atoms with Crippen LogP contribution in [0.4, 0.5) is 5.69 Å². The molecule has 0 radical (unpaired) electrons. The van der Waals surface area contributed by atoms with E-state index in [1.54, 1.807) is 29.7 Å². The van der Waals surface area contributed by atoms with Gasteiger partial charge in [0.1, 0.15) is 5.82 Å². The van der Waals surface area contributed by atoms with Crippen LogP contribution in [-0.2, 0) is 0 Å². The third kappa shape index (κ3) is 2.00. The van der Waals surface area contributed by atoms with E-state index < -0.39 is 0 Å². The smallest absolute Gasteiger partial charge is 0.139 e. The number of nitrogens with one attached hydrogen (secondary N) is 1. The first-order chi connectivity index (χ1) is 8.74. The first kappa shape index (κ1) is 11.3. The number of hydrogen-bond acceptors (Lipinski definition) is 3. The molecule has 0 saturated heterocycles. The van der Waals surface area contributed by atoms with Gasteiger partial charge in [-0.25, -0.2) is 4.98 Å². The number of H-pyrrole nitrogens is 1. The maximum Gasteiger partial charge on any atom is 0.139 e. The second-order valence-electron chi connectivity index (χ2n) is 3.90. The lowest BCUT2D eigenvalue weighted by Crippen LogP contribution is -1.88. The summed E-state index contributed by atoms with van der Waals surface area (Å²) in [6, 6.07) is 7.41. The molecule has 3 nitrogen and oxygen atoms in total. The van der Waals surface area contributed by atoms with E-state index in [1.165, 1.54) is 0 Å². The van der Waals surface area contributed by atoms with Crippen LogP contribution in [-0.4, -0.2) is 9.97 Å². The van der Waals surface area contributed by atoms with Crippen molar-refractivity contribution >= 4 is 28.6 Å². The minimum Gasteiger partial charge on any atom is -0.399 e. The highest BCUT2D eigenvalue weighted by molar-refractivity contribution is 7.08. The Kier molecular flexibility index (Phi) is 2.81. The zero-order chi connectivity index (χ0) is 12.5. The number of benzene rings is 1. The van der Waals surface area contributed by atoms with E-state index in [-0.39, 0.29) is 0 Å². The number of nitrogen functional groups attached to an aromatic ring is 1. The third-order valence-electron chi connectivity index (χ3n) is 2.65. The average molecular weight is 276 g/mol. The third-order valence-corrected chi connectivity index (χ3v) is 3.67. The Morgan fingerprint density at radius 3 is 2.94 bits per heavy atom. The van der Waals surface area contributed by atoms with Gasteiger partial charge in [0.25, 0.3) is 0 Å². The van der Waals surface area contributed by atoms with Crippen LogP contribution in [0.5, 0.6) is 0 Å². The van der Waals surface area contributed by atoms with Gasteiger partial charge in [-0.2, -0.15) is 11.3 Å². The van der Waals surface area contributed by atoms with Gasteiger partial charge in [-0.3, -0.25) is 0 Å². The van der Waals surface area contributed by atoms with Crippen LogP contribution in [0.3, 0.4) is 0 Å². The molecule has 18 heavy (non-hydrogen) atoms. The van der Waals surface area contributed by atoms with Crippen LogP contribution in [0.2, 0.25) is 5.02 Å². The number of nitrogens with zero attached hydrogens (tertiary/aromatic N) is 1. The van der Waals surface area contributed by atoms with Gasteiger partial charge in [0, 0.05) is 22.2 Å². The summed E-state index contributed by atoms with van der Waals surface area (Å²) in [4.78, 5) is 7.61. The van der Waals surface area contributed by atoms with Crippen molar-refractivity contribution < 1.29 is 0 Å². The van der Waals surface area contributed by atoms with Crippen molar-refractivity contribution in [1.82, 2.24) is 9.97 Å². The number of hydrogen-bond donors (Lipinski definition) is 2. The van der Waals surface area contributed by atoms with E-state index in [0.29, 0.717) is 10.7 Å². The highest BCUT2D eigenvalue weighted by Crippen LogP contribution is 2.29. The van der Waals surface area contributed by atoms with E-state index in [9.17, 15) is 0 Å². The van der Waals surface area contributed by atoms with Crippen LogP contribution in [0.1, 0.15) is 0 Å². The molecule has 0 aliphatic rings. The molecule has 0 saturated carbocycles. The zero-order valence-corrected chi connectivity index (χ0v) is 10.9. The maximum absolute atomic E-state index is 6.15. The lowest BCUT2D eigenvalue weighted by Gasteiger charge is -2.02. The van der Waals surface area contributed by atoms with E-state index >= 15 is 0 Å². The zero-order valence-electron chi connectivity index (χ0n) is 9.35. The SMILES string of the molecule is Nc1ccc(Cl)c(-c2ncc(-c3ccsc3)[nH]2)c1. The Hall–Kier alpha value is -1.78. The monoisotopic (exact) mass is 275 g/mol. The molecule has 1 aromatic carbocycles. The molecule has 0 amide bonds. The minimum atomic E-state index is 0.635. The molecule has 0 spiro atoms. The Morgan fingerprint density at radius 2 is 2.17 bits per heavy atom. The van der Waals surface area contributed by atoms with Crippen molar-refractivity contribution in [1.29, 1.82) is 0 Å². The lowest BCUT2D eigenvalue weighted by molar-refractivity contribution is 1.31. The number of thiophene rings is 1. The standard InChI is InChI=1S/C13H10ClN3S/c14-11-2-1-9(15)5-10(11)13-16-6-12(17-13)8-3-4-18-7-8/h1-7H,15H2,(H,16,17). The maximum atomic E-state index is 6.15. The summed E-state index contributed by atoms with van der Waals surface area (Å²) < 4.78 is 0. The summed E-state index contributed by atoms with van der Waals surface area (Å²) in [5.41, 5.74) is 9.36. The number of imidazole rings is 1. The highest BCUT2D eigenvalue weighted by Gasteiger charge is 2.09. The van der Waals surface area contributed by atoms with Gasteiger partial charge in [0.2, 0.25) is 0 Å². The minimum absolute atomic E-state index is 0.635. The Bertz CT molecular complexity index is 673. The molecule has 2 aromatic heterocycles. The Morgan fingerprint density at radius 1 is 1.28 bits per heavy atom. The summed E-state index contributed by atoms with van der Waals surface area (Å²) in [5.74, 6) is 0.730. The van der Waals surface area contributed by atoms with Gasteiger partial charge in [-0.05, 0) is 29.6 Å². The van der Waals surface area contributed by atoms with Gasteiger partial charge in [0.15, 0.2) is 0 Å². The fourth-order valence-electron chi connectivity index (χ4n) is 1.75. The Labute approximate surface area is 113 Å². The van der Waals surface area contributed by atoms with Gasteiger partial charge in [-0.15, -0.1) is 0 Å². The second kappa shape index (κ2) is 4.48. The molecule has 3 rings (SSSR count). The summed E-state index contributed by atoms with van der Waals surface area (Å²) in [6.07, 6.45) is 1.80. The van der Waals surface area contributed by atoms with Crippen LogP contribution in [0, 0.1) is 0 Å². The number of anilines is 1. The molecule has 2 heterocycles. The molecule has 0 atom stereocenters. The number of aromatic amines is 1. The molecular weight excluding hydrogens is 266 g/mol. The number of halogens is 1. The van der Waals surface area contributed by atoms with Gasteiger partial charge in [0.05, 0.1) is 16.9 Å². The van der Waals surface area contributed by atoms with Crippen molar-refractivity contribution in [3.05, 3.63) is 46.2 Å². The van der Waals surface area contributed by atoms with E-state index in [4.69, 9.17) is 17.3 Å². The molecule has 0 unspecified atom stereocenters. The molecule has 5 heteroatoms. The fraction of sp³-hybridized carbons (Fsp3) is 0. The molecule has 0 aliphatic heterocycles. The van der Waals surface area contributed by atoms with Gasteiger partial charge < -0.3 is 10.7 Å². The summed E-state index contributed by atoms with van der Waals surface area (Å²) in [6.45, 7) is 0. The predicted molar refractivity (Wildman–Crippen MR) is 76.8 cm³/mol. The average Bonchev–Trinajstić information content (AvgIpc) is 3.00. The second-order valence-corrected chi connectivity index (χ2v) is 5.08. The van der Waals surface area contributed by atoms with Crippen LogP contribution >= 0.6 is 22.9 Å². The van der Waals surface area contributed by atoms with Crippen LogP contribution < -0.4 is 5.73 Å². The van der Waals surface area contributed by atoms with Crippen molar-refractivity contribution in [3.63, 3.8) is 0 Å². The molecular formula is C13H10ClN3S. The molecule has 0 fully saturated rings.